The minimum absolute atomic E-state index is 0.0423. The average Bonchev–Trinajstić information content (AvgIpc) is 2.43. The van der Waals surface area contributed by atoms with Crippen LogP contribution in [0.5, 0.6) is 0 Å². The summed E-state index contributed by atoms with van der Waals surface area (Å²) in [6.07, 6.45) is 0. The highest BCUT2D eigenvalue weighted by atomic mass is 16.2. The summed E-state index contributed by atoms with van der Waals surface area (Å²) in [5.41, 5.74) is 6.14. The first kappa shape index (κ1) is 11.0. The summed E-state index contributed by atoms with van der Waals surface area (Å²) in [6, 6.07) is 17.7. The van der Waals surface area contributed by atoms with Gasteiger partial charge >= 0.3 is 0 Å². The Bertz CT molecular complexity index is 566. The molecule has 1 N–H and O–H groups in total. The third-order valence-electron chi connectivity index (χ3n) is 3.14. The lowest BCUT2D eigenvalue weighted by atomic mass is 10.0. The molecule has 3 nitrogen and oxygen atoms in total. The number of benzene rings is 2. The number of fused-ring (bicyclic) bond motifs is 1. The van der Waals surface area contributed by atoms with Crippen LogP contribution in [-0.2, 0) is 13.1 Å². The second-order valence-corrected chi connectivity index (χ2v) is 4.37. The number of hydrogen-bond donors (Lipinski definition) is 1. The van der Waals surface area contributed by atoms with Crippen LogP contribution in [-0.4, -0.2) is 10.9 Å². The smallest absolute Gasteiger partial charge is 0.268 e. The van der Waals surface area contributed by atoms with Gasteiger partial charge in [-0.05, 0) is 17.2 Å². The molecule has 18 heavy (non-hydrogen) atoms. The monoisotopic (exact) mass is 238 g/mol. The molecule has 0 saturated heterocycles. The van der Waals surface area contributed by atoms with Gasteiger partial charge in [0.1, 0.15) is 0 Å². The molecular weight excluding hydrogens is 224 g/mol. The molecule has 1 aliphatic rings. The third-order valence-corrected chi connectivity index (χ3v) is 3.14. The van der Waals surface area contributed by atoms with Crippen LogP contribution >= 0.6 is 0 Å². The Kier molecular flexibility index (Phi) is 2.82. The first-order valence-corrected chi connectivity index (χ1v) is 6.02. The van der Waals surface area contributed by atoms with Gasteiger partial charge in [-0.15, -0.1) is 0 Å². The Morgan fingerprint density at radius 3 is 2.56 bits per heavy atom. The normalized spacial score (nSPS) is 14.4. The number of nitrogens with zero attached hydrogens (tertiary/aromatic N) is 1. The predicted octanol–water partition coefficient (Wildman–Crippen LogP) is 2.35. The van der Waals surface area contributed by atoms with E-state index < -0.39 is 0 Å². The number of hydrogen-bond acceptors (Lipinski definition) is 2. The zero-order valence-electron chi connectivity index (χ0n) is 9.97. The van der Waals surface area contributed by atoms with E-state index >= 15 is 0 Å². The van der Waals surface area contributed by atoms with Crippen molar-refractivity contribution >= 4 is 5.91 Å². The topological polar surface area (TPSA) is 32.3 Å². The predicted molar refractivity (Wildman–Crippen MR) is 69.6 cm³/mol. The highest BCUT2D eigenvalue weighted by Crippen LogP contribution is 2.17. The van der Waals surface area contributed by atoms with Gasteiger partial charge in [-0.3, -0.25) is 9.80 Å². The van der Waals surface area contributed by atoms with E-state index in [0.29, 0.717) is 13.1 Å². The molecule has 0 aromatic heterocycles. The molecule has 0 atom stereocenters. The molecule has 2 aromatic rings. The number of carbonyl (C=O) groups excluding carboxylic acids is 1. The van der Waals surface area contributed by atoms with E-state index in [1.54, 1.807) is 5.01 Å². The summed E-state index contributed by atoms with van der Waals surface area (Å²) in [7, 11) is 0. The van der Waals surface area contributed by atoms with E-state index in [4.69, 9.17) is 0 Å². The molecule has 3 rings (SSSR count). The fraction of sp³-hybridized carbons (Fsp3) is 0.133. The minimum atomic E-state index is 0.0423. The molecule has 0 unspecified atom stereocenters. The fourth-order valence-electron chi connectivity index (χ4n) is 2.17. The molecule has 1 amide bonds. The van der Waals surface area contributed by atoms with E-state index in [1.165, 1.54) is 0 Å². The van der Waals surface area contributed by atoms with Crippen molar-refractivity contribution in [3.8, 4) is 0 Å². The van der Waals surface area contributed by atoms with Gasteiger partial charge < -0.3 is 0 Å². The van der Waals surface area contributed by atoms with Gasteiger partial charge in [0.05, 0.1) is 6.54 Å². The average molecular weight is 238 g/mol. The Labute approximate surface area is 106 Å². The van der Waals surface area contributed by atoms with Gasteiger partial charge in [-0.1, -0.05) is 48.5 Å². The SMILES string of the molecule is O=C1c2ccccc2CNN1Cc1ccccc1. The molecule has 2 aromatic carbocycles. The highest BCUT2D eigenvalue weighted by molar-refractivity contribution is 5.96. The summed E-state index contributed by atoms with van der Waals surface area (Å²) in [5.74, 6) is 0.0423. The van der Waals surface area contributed by atoms with Gasteiger partial charge in [-0.2, -0.15) is 0 Å². The lowest BCUT2D eigenvalue weighted by molar-refractivity contribution is 0.0603. The number of hydrazine groups is 1. The van der Waals surface area contributed by atoms with Crippen molar-refractivity contribution in [1.82, 2.24) is 10.4 Å². The molecule has 0 radical (unpaired) electrons. The van der Waals surface area contributed by atoms with E-state index in [-0.39, 0.29) is 5.91 Å². The first-order valence-electron chi connectivity index (χ1n) is 6.02. The molecule has 1 aliphatic heterocycles. The van der Waals surface area contributed by atoms with Gasteiger partial charge in [0, 0.05) is 12.1 Å². The van der Waals surface area contributed by atoms with Crippen LogP contribution in [0.4, 0.5) is 0 Å². The summed E-state index contributed by atoms with van der Waals surface area (Å²) < 4.78 is 0. The van der Waals surface area contributed by atoms with Crippen LogP contribution in [0.2, 0.25) is 0 Å². The molecule has 3 heteroatoms. The molecule has 0 bridgehead atoms. The Hall–Kier alpha value is -2.13. The van der Waals surface area contributed by atoms with Crippen molar-refractivity contribution in [3.63, 3.8) is 0 Å². The maximum Gasteiger partial charge on any atom is 0.268 e. The van der Waals surface area contributed by atoms with E-state index in [1.807, 2.05) is 54.6 Å². The molecule has 0 spiro atoms. The molecule has 1 heterocycles. The van der Waals surface area contributed by atoms with Crippen LogP contribution in [0.1, 0.15) is 21.5 Å². The van der Waals surface area contributed by atoms with E-state index in [9.17, 15) is 4.79 Å². The van der Waals surface area contributed by atoms with Gasteiger partial charge in [-0.25, -0.2) is 5.43 Å². The Morgan fingerprint density at radius 2 is 1.72 bits per heavy atom. The largest absolute Gasteiger partial charge is 0.269 e. The van der Waals surface area contributed by atoms with Gasteiger partial charge in [0.2, 0.25) is 0 Å². The maximum absolute atomic E-state index is 12.3. The van der Waals surface area contributed by atoms with Crippen molar-refractivity contribution in [1.29, 1.82) is 0 Å². The third kappa shape index (κ3) is 2.00. The Balaban J connectivity index is 1.83. The van der Waals surface area contributed by atoms with Crippen LogP contribution in [0.15, 0.2) is 54.6 Å². The number of carbonyl (C=O) groups is 1. The van der Waals surface area contributed by atoms with Gasteiger partial charge in [0.25, 0.3) is 5.91 Å². The van der Waals surface area contributed by atoms with Crippen LogP contribution in [0, 0.1) is 0 Å². The number of rotatable bonds is 2. The molecule has 0 aliphatic carbocycles. The van der Waals surface area contributed by atoms with Crippen LogP contribution in [0.25, 0.3) is 0 Å². The fourth-order valence-corrected chi connectivity index (χ4v) is 2.17. The van der Waals surface area contributed by atoms with Crippen LogP contribution < -0.4 is 5.43 Å². The zero-order valence-corrected chi connectivity index (χ0v) is 9.97. The molecule has 0 fully saturated rings. The minimum Gasteiger partial charge on any atom is -0.269 e. The van der Waals surface area contributed by atoms with Crippen LogP contribution in [0.3, 0.4) is 0 Å². The number of nitrogens with one attached hydrogen (secondary N) is 1. The second-order valence-electron chi connectivity index (χ2n) is 4.37. The van der Waals surface area contributed by atoms with E-state index in [2.05, 4.69) is 5.43 Å². The van der Waals surface area contributed by atoms with Crippen molar-refractivity contribution in [2.75, 3.05) is 0 Å². The quantitative estimate of drug-likeness (QED) is 0.871. The highest BCUT2D eigenvalue weighted by Gasteiger charge is 2.23. The lowest BCUT2D eigenvalue weighted by Crippen LogP contribution is -2.45. The molecular formula is C15H14N2O. The summed E-state index contributed by atoms with van der Waals surface area (Å²) in [5, 5.41) is 1.68. The van der Waals surface area contributed by atoms with Gasteiger partial charge in [0.15, 0.2) is 0 Å². The zero-order chi connectivity index (χ0) is 12.4. The maximum atomic E-state index is 12.3. The molecule has 0 saturated carbocycles. The van der Waals surface area contributed by atoms with Crippen molar-refractivity contribution in [2.24, 2.45) is 0 Å². The summed E-state index contributed by atoms with van der Waals surface area (Å²) >= 11 is 0. The lowest BCUT2D eigenvalue weighted by Gasteiger charge is -2.29. The van der Waals surface area contributed by atoms with Crippen molar-refractivity contribution < 1.29 is 4.79 Å². The van der Waals surface area contributed by atoms with E-state index in [0.717, 1.165) is 16.7 Å². The summed E-state index contributed by atoms with van der Waals surface area (Å²) in [4.78, 5) is 12.3. The molecule has 90 valence electrons. The standard InChI is InChI=1S/C15H14N2O/c18-15-14-9-5-4-8-13(14)10-16-17(15)11-12-6-2-1-3-7-12/h1-9,16H,10-11H2. The second kappa shape index (κ2) is 4.63. The Morgan fingerprint density at radius 1 is 1.00 bits per heavy atom. The number of amides is 1. The van der Waals surface area contributed by atoms with Crippen molar-refractivity contribution in [2.45, 2.75) is 13.1 Å². The first-order chi connectivity index (χ1) is 8.84. The summed E-state index contributed by atoms with van der Waals surface area (Å²) in [6.45, 7) is 1.29. The van der Waals surface area contributed by atoms with Crippen molar-refractivity contribution in [3.05, 3.63) is 71.3 Å².